The third-order valence-corrected chi connectivity index (χ3v) is 2.30. The number of pyridine rings is 1. The van der Waals surface area contributed by atoms with Gasteiger partial charge in [-0.1, -0.05) is 0 Å². The number of hydrogen-bond donors (Lipinski definition) is 2. The molecule has 17 heavy (non-hydrogen) atoms. The van der Waals surface area contributed by atoms with Crippen molar-refractivity contribution in [2.75, 3.05) is 11.9 Å². The minimum absolute atomic E-state index is 0.179. The van der Waals surface area contributed by atoms with Crippen molar-refractivity contribution in [1.82, 2.24) is 14.5 Å². The molecule has 0 saturated carbocycles. The molecule has 0 aromatic carbocycles. The summed E-state index contributed by atoms with van der Waals surface area (Å²) in [6.07, 6.45) is 8.17. The Bertz CT molecular complexity index is 496. The van der Waals surface area contributed by atoms with Gasteiger partial charge in [-0.3, -0.25) is 4.98 Å². The van der Waals surface area contributed by atoms with Gasteiger partial charge in [0.2, 0.25) is 0 Å². The minimum Gasteiger partial charge on any atom is -0.478 e. The topological polar surface area (TPSA) is 80.0 Å². The molecule has 0 bridgehead atoms. The molecule has 2 aromatic heterocycles. The van der Waals surface area contributed by atoms with Gasteiger partial charge < -0.3 is 15.0 Å². The fourth-order valence-corrected chi connectivity index (χ4v) is 1.46. The summed E-state index contributed by atoms with van der Waals surface area (Å²) < 4.78 is 1.91. The van der Waals surface area contributed by atoms with Crippen molar-refractivity contribution in [2.24, 2.45) is 0 Å². The third-order valence-electron chi connectivity index (χ3n) is 2.30. The SMILES string of the molecule is O=C(O)c1cnccc1NCCn1ccnc1. The van der Waals surface area contributed by atoms with Crippen LogP contribution < -0.4 is 5.32 Å². The molecule has 0 fully saturated rings. The van der Waals surface area contributed by atoms with Crippen LogP contribution in [0.25, 0.3) is 0 Å². The maximum absolute atomic E-state index is 10.9. The van der Waals surface area contributed by atoms with Crippen molar-refractivity contribution in [3.8, 4) is 0 Å². The van der Waals surface area contributed by atoms with Gasteiger partial charge >= 0.3 is 5.97 Å². The fraction of sp³-hybridized carbons (Fsp3) is 0.182. The molecule has 0 amide bonds. The zero-order valence-corrected chi connectivity index (χ0v) is 9.08. The number of carbonyl (C=O) groups is 1. The zero-order valence-electron chi connectivity index (χ0n) is 9.08. The summed E-state index contributed by atoms with van der Waals surface area (Å²) >= 11 is 0. The average molecular weight is 232 g/mol. The second-order valence-corrected chi connectivity index (χ2v) is 3.45. The Labute approximate surface area is 97.9 Å². The number of hydrogen-bond acceptors (Lipinski definition) is 4. The second kappa shape index (κ2) is 5.11. The first-order valence-corrected chi connectivity index (χ1v) is 5.14. The summed E-state index contributed by atoms with van der Waals surface area (Å²) in [4.78, 5) is 18.6. The van der Waals surface area contributed by atoms with Crippen LogP contribution in [0.5, 0.6) is 0 Å². The molecular weight excluding hydrogens is 220 g/mol. The van der Waals surface area contributed by atoms with Crippen molar-refractivity contribution < 1.29 is 9.90 Å². The van der Waals surface area contributed by atoms with Gasteiger partial charge in [0.05, 0.1) is 12.0 Å². The number of rotatable bonds is 5. The maximum atomic E-state index is 10.9. The highest BCUT2D eigenvalue weighted by atomic mass is 16.4. The number of nitrogens with one attached hydrogen (secondary N) is 1. The molecule has 2 rings (SSSR count). The van der Waals surface area contributed by atoms with Gasteiger partial charge in [-0.2, -0.15) is 0 Å². The Morgan fingerprint density at radius 1 is 1.41 bits per heavy atom. The van der Waals surface area contributed by atoms with Gasteiger partial charge in [-0.25, -0.2) is 9.78 Å². The van der Waals surface area contributed by atoms with E-state index in [9.17, 15) is 4.79 Å². The van der Waals surface area contributed by atoms with Crippen LogP contribution in [0.4, 0.5) is 5.69 Å². The van der Waals surface area contributed by atoms with Crippen LogP contribution in [0.3, 0.4) is 0 Å². The average Bonchev–Trinajstić information content (AvgIpc) is 2.82. The second-order valence-electron chi connectivity index (χ2n) is 3.45. The Hall–Kier alpha value is -2.37. The molecule has 0 aliphatic carbocycles. The molecular formula is C11H12N4O2. The van der Waals surface area contributed by atoms with Crippen LogP contribution in [0.15, 0.2) is 37.2 Å². The van der Waals surface area contributed by atoms with Gasteiger partial charge in [0, 0.05) is 37.9 Å². The molecule has 0 spiro atoms. The van der Waals surface area contributed by atoms with Crippen molar-refractivity contribution in [2.45, 2.75) is 6.54 Å². The maximum Gasteiger partial charge on any atom is 0.339 e. The van der Waals surface area contributed by atoms with Crippen LogP contribution in [0.1, 0.15) is 10.4 Å². The van der Waals surface area contributed by atoms with Crippen LogP contribution in [-0.2, 0) is 6.54 Å². The Morgan fingerprint density at radius 2 is 2.29 bits per heavy atom. The standard InChI is InChI=1S/C11H12N4O2/c16-11(17)9-7-12-2-1-10(9)14-4-6-15-5-3-13-8-15/h1-3,5,7-8H,4,6H2,(H,12,14)(H,16,17). The summed E-state index contributed by atoms with van der Waals surface area (Å²) in [5.41, 5.74) is 0.755. The number of nitrogens with zero attached hydrogens (tertiary/aromatic N) is 3. The van der Waals surface area contributed by atoms with Crippen molar-refractivity contribution in [1.29, 1.82) is 0 Å². The van der Waals surface area contributed by atoms with E-state index in [1.165, 1.54) is 6.20 Å². The number of imidazole rings is 1. The first-order valence-electron chi connectivity index (χ1n) is 5.14. The molecule has 0 saturated heterocycles. The first kappa shape index (κ1) is 11.1. The zero-order chi connectivity index (χ0) is 12.1. The predicted molar refractivity (Wildman–Crippen MR) is 61.9 cm³/mol. The number of carboxylic acid groups (broad SMARTS) is 1. The quantitative estimate of drug-likeness (QED) is 0.806. The number of aromatic nitrogens is 3. The summed E-state index contributed by atoms with van der Waals surface area (Å²) in [7, 11) is 0. The molecule has 6 nitrogen and oxygen atoms in total. The lowest BCUT2D eigenvalue weighted by Gasteiger charge is -2.09. The molecule has 0 unspecified atom stereocenters. The Balaban J connectivity index is 1.97. The Kier molecular flexibility index (Phi) is 3.34. The summed E-state index contributed by atoms with van der Waals surface area (Å²) in [6, 6.07) is 1.65. The highest BCUT2D eigenvalue weighted by Gasteiger charge is 2.08. The molecule has 2 heterocycles. The van der Waals surface area contributed by atoms with Crippen LogP contribution in [0, 0.1) is 0 Å². The molecule has 2 N–H and O–H groups in total. The number of anilines is 1. The highest BCUT2D eigenvalue weighted by Crippen LogP contribution is 2.12. The normalized spacial score (nSPS) is 10.1. The largest absolute Gasteiger partial charge is 0.478 e. The van der Waals surface area contributed by atoms with Gasteiger partial charge in [-0.15, -0.1) is 0 Å². The van der Waals surface area contributed by atoms with E-state index in [1.807, 2.05) is 10.8 Å². The highest BCUT2D eigenvalue weighted by molar-refractivity contribution is 5.93. The van der Waals surface area contributed by atoms with E-state index in [0.29, 0.717) is 12.2 Å². The molecule has 2 aromatic rings. The predicted octanol–water partition coefficient (Wildman–Crippen LogP) is 1.09. The molecule has 0 radical (unpaired) electrons. The van der Waals surface area contributed by atoms with E-state index < -0.39 is 5.97 Å². The van der Waals surface area contributed by atoms with Crippen molar-refractivity contribution in [3.63, 3.8) is 0 Å². The van der Waals surface area contributed by atoms with Crippen LogP contribution in [0.2, 0.25) is 0 Å². The lowest BCUT2D eigenvalue weighted by molar-refractivity contribution is 0.0697. The number of aromatic carboxylic acids is 1. The van der Waals surface area contributed by atoms with E-state index in [0.717, 1.165) is 6.54 Å². The van der Waals surface area contributed by atoms with Gasteiger partial charge in [0.25, 0.3) is 0 Å². The van der Waals surface area contributed by atoms with E-state index in [2.05, 4.69) is 15.3 Å². The molecule has 0 aliphatic heterocycles. The summed E-state index contributed by atoms with van der Waals surface area (Å²) in [5, 5.41) is 12.0. The van der Waals surface area contributed by atoms with E-state index in [1.54, 1.807) is 24.8 Å². The van der Waals surface area contributed by atoms with E-state index >= 15 is 0 Å². The lowest BCUT2D eigenvalue weighted by atomic mass is 10.2. The van der Waals surface area contributed by atoms with Crippen molar-refractivity contribution in [3.05, 3.63) is 42.7 Å². The minimum atomic E-state index is -0.983. The van der Waals surface area contributed by atoms with Gasteiger partial charge in [-0.05, 0) is 6.07 Å². The van der Waals surface area contributed by atoms with Crippen molar-refractivity contribution >= 4 is 11.7 Å². The molecule has 88 valence electrons. The van der Waals surface area contributed by atoms with Crippen LogP contribution >= 0.6 is 0 Å². The first-order chi connectivity index (χ1) is 8.27. The summed E-state index contributed by atoms with van der Waals surface area (Å²) in [6.45, 7) is 1.35. The van der Waals surface area contributed by atoms with Gasteiger partial charge in [0.1, 0.15) is 5.56 Å². The smallest absolute Gasteiger partial charge is 0.339 e. The number of carboxylic acids is 1. The molecule has 0 aliphatic rings. The fourth-order valence-electron chi connectivity index (χ4n) is 1.46. The Morgan fingerprint density at radius 3 is 3.00 bits per heavy atom. The van der Waals surface area contributed by atoms with Crippen LogP contribution in [-0.4, -0.2) is 32.2 Å². The molecule has 6 heteroatoms. The summed E-state index contributed by atoms with van der Waals surface area (Å²) in [5.74, 6) is -0.983. The lowest BCUT2D eigenvalue weighted by Crippen LogP contribution is -2.12. The molecule has 0 atom stereocenters. The van der Waals surface area contributed by atoms with E-state index in [-0.39, 0.29) is 5.56 Å². The third kappa shape index (κ3) is 2.81. The monoisotopic (exact) mass is 232 g/mol. The van der Waals surface area contributed by atoms with E-state index in [4.69, 9.17) is 5.11 Å². The van der Waals surface area contributed by atoms with Gasteiger partial charge in [0.15, 0.2) is 0 Å².